The molecular formula is C21H22N8O. The highest BCUT2D eigenvalue weighted by Crippen LogP contribution is 2.28. The summed E-state index contributed by atoms with van der Waals surface area (Å²) in [4.78, 5) is 20.9. The number of nitrogens with one attached hydrogen (secondary N) is 1. The van der Waals surface area contributed by atoms with Crippen LogP contribution in [0.15, 0.2) is 42.6 Å². The van der Waals surface area contributed by atoms with Crippen LogP contribution in [0.25, 0.3) is 22.6 Å². The van der Waals surface area contributed by atoms with Gasteiger partial charge < -0.3 is 0 Å². The molecule has 0 spiro atoms. The topological polar surface area (TPSA) is 115 Å². The number of Topliss-reactive ketones (excluding diaryl/α,β-unsaturated/α-hetero) is 1. The minimum Gasteiger partial charge on any atom is -0.291 e. The maximum Gasteiger partial charge on any atom is 0.223 e. The van der Waals surface area contributed by atoms with E-state index < -0.39 is 0 Å². The predicted octanol–water partition coefficient (Wildman–Crippen LogP) is 3.11. The molecule has 0 atom stereocenters. The Morgan fingerprint density at radius 2 is 1.97 bits per heavy atom. The summed E-state index contributed by atoms with van der Waals surface area (Å²) in [6.45, 7) is 4.64. The van der Waals surface area contributed by atoms with Crippen LogP contribution in [0.5, 0.6) is 0 Å². The molecule has 0 aliphatic heterocycles. The van der Waals surface area contributed by atoms with Crippen LogP contribution in [0, 0.1) is 0 Å². The van der Waals surface area contributed by atoms with Crippen molar-refractivity contribution < 1.29 is 4.79 Å². The van der Waals surface area contributed by atoms with Crippen LogP contribution in [-0.4, -0.2) is 46.2 Å². The summed E-state index contributed by atoms with van der Waals surface area (Å²) in [6, 6.07) is 12.0. The molecule has 4 rings (SSSR count). The molecule has 3 heterocycles. The predicted molar refractivity (Wildman–Crippen MR) is 111 cm³/mol. The number of aryl methyl sites for hydroxylation is 1. The van der Waals surface area contributed by atoms with E-state index in [1.807, 2.05) is 35.9 Å². The summed E-state index contributed by atoms with van der Waals surface area (Å²) in [5.41, 5.74) is 3.69. The Labute approximate surface area is 173 Å². The van der Waals surface area contributed by atoms with Crippen LogP contribution >= 0.6 is 0 Å². The molecule has 0 radical (unpaired) electrons. The average Bonchev–Trinajstić information content (AvgIpc) is 3.45. The molecule has 0 aliphatic carbocycles. The first-order chi connectivity index (χ1) is 14.7. The fourth-order valence-electron chi connectivity index (χ4n) is 3.24. The summed E-state index contributed by atoms with van der Waals surface area (Å²) in [7, 11) is 0. The number of hydrogen-bond donors (Lipinski definition) is 1. The van der Waals surface area contributed by atoms with Gasteiger partial charge in [0, 0.05) is 31.1 Å². The van der Waals surface area contributed by atoms with Crippen LogP contribution < -0.4 is 0 Å². The number of nitrogens with zero attached hydrogens (tertiary/aromatic N) is 7. The quantitative estimate of drug-likeness (QED) is 0.450. The fourth-order valence-corrected chi connectivity index (χ4v) is 3.24. The summed E-state index contributed by atoms with van der Waals surface area (Å²) < 4.78 is 1.84. The number of benzene rings is 1. The first kappa shape index (κ1) is 19.6. The molecule has 3 aromatic heterocycles. The maximum atomic E-state index is 12.0. The van der Waals surface area contributed by atoms with Crippen molar-refractivity contribution in [2.75, 3.05) is 0 Å². The molecule has 4 aromatic rings. The number of tetrazole rings is 1. The SMILES string of the molecule is CCCn1nc(C(=O)CC)nc1Cc1ccc(-c2cccnc2-c2nn[nH]n2)cc1. The van der Waals surface area contributed by atoms with Gasteiger partial charge in [-0.1, -0.05) is 44.2 Å². The second kappa shape index (κ2) is 8.73. The second-order valence-corrected chi connectivity index (χ2v) is 6.86. The summed E-state index contributed by atoms with van der Waals surface area (Å²) >= 11 is 0. The Kier molecular flexibility index (Phi) is 5.69. The second-order valence-electron chi connectivity index (χ2n) is 6.86. The van der Waals surface area contributed by atoms with Crippen LogP contribution in [0.1, 0.15) is 48.7 Å². The highest BCUT2D eigenvalue weighted by molar-refractivity contribution is 5.92. The molecule has 0 unspecified atom stereocenters. The van der Waals surface area contributed by atoms with E-state index >= 15 is 0 Å². The average molecular weight is 402 g/mol. The summed E-state index contributed by atoms with van der Waals surface area (Å²) in [5, 5.41) is 18.6. The van der Waals surface area contributed by atoms with Crippen LogP contribution in [-0.2, 0) is 13.0 Å². The third-order valence-corrected chi connectivity index (χ3v) is 4.75. The van der Waals surface area contributed by atoms with E-state index in [9.17, 15) is 4.79 Å². The standard InChI is InChI=1S/C21H22N8O/c1-3-12-29-18(23-20(26-29)17(30)4-2)13-14-7-9-15(10-8-14)16-6-5-11-22-19(16)21-24-27-28-25-21/h5-11H,3-4,12-13H2,1-2H3,(H,24,25,27,28). The maximum absolute atomic E-state index is 12.0. The van der Waals surface area contributed by atoms with Crippen molar-refractivity contribution >= 4 is 5.78 Å². The molecule has 30 heavy (non-hydrogen) atoms. The lowest BCUT2D eigenvalue weighted by Gasteiger charge is -2.08. The van der Waals surface area contributed by atoms with Crippen LogP contribution in [0.2, 0.25) is 0 Å². The number of aromatic amines is 1. The number of rotatable bonds is 8. The van der Waals surface area contributed by atoms with E-state index in [1.54, 1.807) is 6.20 Å². The first-order valence-electron chi connectivity index (χ1n) is 9.94. The number of pyridine rings is 1. The molecule has 1 aromatic carbocycles. The minimum atomic E-state index is -0.0352. The summed E-state index contributed by atoms with van der Waals surface area (Å²) in [5.74, 6) is 1.52. The highest BCUT2D eigenvalue weighted by atomic mass is 16.1. The van der Waals surface area contributed by atoms with E-state index in [0.29, 0.717) is 30.2 Å². The zero-order valence-corrected chi connectivity index (χ0v) is 16.9. The minimum absolute atomic E-state index is 0.0352. The zero-order chi connectivity index (χ0) is 20.9. The molecule has 1 N–H and O–H groups in total. The normalized spacial score (nSPS) is 11.0. The molecular weight excluding hydrogens is 380 g/mol. The van der Waals surface area contributed by atoms with Gasteiger partial charge in [0.15, 0.2) is 0 Å². The molecule has 0 bridgehead atoms. The van der Waals surface area contributed by atoms with Crippen molar-refractivity contribution in [2.24, 2.45) is 0 Å². The van der Waals surface area contributed by atoms with Gasteiger partial charge in [-0.15, -0.1) is 15.3 Å². The van der Waals surface area contributed by atoms with Gasteiger partial charge in [0.2, 0.25) is 17.4 Å². The van der Waals surface area contributed by atoms with Crippen molar-refractivity contribution in [3.8, 4) is 22.6 Å². The Morgan fingerprint density at radius 3 is 2.67 bits per heavy atom. The third-order valence-electron chi connectivity index (χ3n) is 4.75. The number of carbonyl (C=O) groups excluding carboxylic acids is 1. The van der Waals surface area contributed by atoms with Gasteiger partial charge in [-0.2, -0.15) is 5.21 Å². The first-order valence-corrected chi connectivity index (χ1v) is 9.94. The molecule has 0 saturated heterocycles. The van der Waals surface area contributed by atoms with E-state index in [-0.39, 0.29) is 5.78 Å². The Morgan fingerprint density at radius 1 is 1.13 bits per heavy atom. The third kappa shape index (κ3) is 4.00. The van der Waals surface area contributed by atoms with Crippen molar-refractivity contribution in [1.82, 2.24) is 40.4 Å². The van der Waals surface area contributed by atoms with Gasteiger partial charge in [0.05, 0.1) is 0 Å². The van der Waals surface area contributed by atoms with Gasteiger partial charge in [0.1, 0.15) is 11.5 Å². The molecule has 9 heteroatoms. The van der Waals surface area contributed by atoms with Gasteiger partial charge in [-0.3, -0.25) is 9.78 Å². The lowest BCUT2D eigenvalue weighted by Crippen LogP contribution is -2.06. The number of hydrogen-bond acceptors (Lipinski definition) is 7. The summed E-state index contributed by atoms with van der Waals surface area (Å²) in [6.07, 6.45) is 3.64. The number of aromatic nitrogens is 8. The van der Waals surface area contributed by atoms with E-state index in [2.05, 4.69) is 54.7 Å². The van der Waals surface area contributed by atoms with Crippen LogP contribution in [0.4, 0.5) is 0 Å². The molecule has 0 amide bonds. The fraction of sp³-hybridized carbons (Fsp3) is 0.286. The van der Waals surface area contributed by atoms with E-state index in [4.69, 9.17) is 0 Å². The van der Waals surface area contributed by atoms with E-state index in [0.717, 1.165) is 35.5 Å². The van der Waals surface area contributed by atoms with Crippen LogP contribution in [0.3, 0.4) is 0 Å². The Balaban J connectivity index is 1.60. The van der Waals surface area contributed by atoms with Crippen molar-refractivity contribution in [3.63, 3.8) is 0 Å². The zero-order valence-electron chi connectivity index (χ0n) is 16.9. The lowest BCUT2D eigenvalue weighted by molar-refractivity contribution is 0.0978. The van der Waals surface area contributed by atoms with Crippen molar-refractivity contribution in [2.45, 2.75) is 39.7 Å². The van der Waals surface area contributed by atoms with Gasteiger partial charge >= 0.3 is 0 Å². The van der Waals surface area contributed by atoms with Gasteiger partial charge in [-0.25, -0.2) is 9.67 Å². The molecule has 152 valence electrons. The van der Waals surface area contributed by atoms with Gasteiger partial charge in [0.25, 0.3) is 0 Å². The van der Waals surface area contributed by atoms with Gasteiger partial charge in [-0.05, 0) is 28.8 Å². The van der Waals surface area contributed by atoms with Crippen molar-refractivity contribution in [3.05, 3.63) is 59.8 Å². The monoisotopic (exact) mass is 402 g/mol. The lowest BCUT2D eigenvalue weighted by atomic mass is 10.0. The molecule has 0 aliphatic rings. The van der Waals surface area contributed by atoms with Crippen molar-refractivity contribution in [1.29, 1.82) is 0 Å². The molecule has 0 saturated carbocycles. The smallest absolute Gasteiger partial charge is 0.223 e. The molecule has 9 nitrogen and oxygen atoms in total. The Hall–Kier alpha value is -3.75. The number of carbonyl (C=O) groups is 1. The number of ketones is 1. The number of H-pyrrole nitrogens is 1. The largest absolute Gasteiger partial charge is 0.291 e. The van der Waals surface area contributed by atoms with E-state index in [1.165, 1.54) is 0 Å². The Bertz CT molecular complexity index is 1130. The highest BCUT2D eigenvalue weighted by Gasteiger charge is 2.16. The molecule has 0 fully saturated rings.